The van der Waals surface area contributed by atoms with E-state index in [4.69, 9.17) is 54.3 Å². The Morgan fingerprint density at radius 3 is 1.35 bits per heavy atom. The van der Waals surface area contributed by atoms with E-state index in [0.29, 0.717) is 77.4 Å². The van der Waals surface area contributed by atoms with Crippen molar-refractivity contribution >= 4 is 97.3 Å². The van der Waals surface area contributed by atoms with Crippen LogP contribution in [0, 0.1) is 17.8 Å². The molecule has 5 atom stereocenters. The summed E-state index contributed by atoms with van der Waals surface area (Å²) in [5, 5.41) is 67.7. The smallest absolute Gasteiger partial charge is 0.423 e. The number of halogens is 7. The summed E-state index contributed by atoms with van der Waals surface area (Å²) in [7, 11) is -1.63. The van der Waals surface area contributed by atoms with Crippen molar-refractivity contribution in [3.63, 3.8) is 0 Å². The second kappa shape index (κ2) is 31.9. The number of ether oxygens (including phenoxy) is 2. The number of thiophene rings is 3. The number of aliphatic hydroxyl groups excluding tert-OH is 3. The molecule has 0 saturated carbocycles. The van der Waals surface area contributed by atoms with Crippen molar-refractivity contribution in [3.05, 3.63) is 235 Å². The van der Waals surface area contributed by atoms with Crippen molar-refractivity contribution in [2.45, 2.75) is 69.3 Å². The van der Waals surface area contributed by atoms with Crippen molar-refractivity contribution in [1.29, 1.82) is 0 Å². The number of hydrogen-bond acceptors (Lipinski definition) is 19. The molecule has 2 fully saturated rings. The molecule has 9 aromatic heterocycles. The van der Waals surface area contributed by atoms with Gasteiger partial charge in [-0.15, -0.1) is 44.2 Å². The lowest BCUT2D eigenvalue weighted by Crippen LogP contribution is -2.30. The van der Waals surface area contributed by atoms with Crippen LogP contribution in [0.4, 0.5) is 13.2 Å². The summed E-state index contributed by atoms with van der Waals surface area (Å²) < 4.78 is 55.4. The molecular weight excluding hydrogens is 1400 g/mol. The quantitative estimate of drug-likeness (QED) is 0.0437. The monoisotopic (exact) mass is 1450 g/mol. The SMILES string of the molecule is OB(O)c1ccnc(F)c1.OC(c1ccc(Cl)cc1)c1cc(-c2ccnc(F)c2)sc1-c1ncn(C2CCCCO2)n1.OC(c1ccc(Cl)cc1)c1cc(-c2ccnc(F)c2)sc1-c1ncn[nH]1.OC(c1ccc(Cl)cc1)c1cc(Br)sc1-c1ncn(C2CCCCO2)n1. The Labute approximate surface area is 571 Å². The maximum absolute atomic E-state index is 13.7. The fourth-order valence-corrected chi connectivity index (χ4v) is 14.2. The molecule has 3 aromatic carbocycles. The molecule has 0 radical (unpaired) electrons. The molecule has 2 aliphatic heterocycles. The highest BCUT2D eigenvalue weighted by Gasteiger charge is 2.28. The molecule has 2 saturated heterocycles. The van der Waals surface area contributed by atoms with E-state index in [1.54, 1.807) is 94.8 Å². The second-order valence-corrected chi connectivity index (χ2v) is 26.9. The average Bonchev–Trinajstić information content (AvgIpc) is 1.67. The van der Waals surface area contributed by atoms with Crippen molar-refractivity contribution in [1.82, 2.24) is 59.7 Å². The average molecular weight is 1450 g/mol. The Bertz CT molecular complexity index is 4430. The molecule has 0 spiro atoms. The molecule has 94 heavy (non-hydrogen) atoms. The minimum atomic E-state index is -1.63. The molecule has 482 valence electrons. The molecule has 6 N–H and O–H groups in total. The van der Waals surface area contributed by atoms with Crippen molar-refractivity contribution < 1.29 is 48.0 Å². The van der Waals surface area contributed by atoms with Crippen LogP contribution in [0.3, 0.4) is 0 Å². The van der Waals surface area contributed by atoms with E-state index in [1.807, 2.05) is 30.3 Å². The van der Waals surface area contributed by atoms with Gasteiger partial charge in [0.1, 0.15) is 37.3 Å². The van der Waals surface area contributed by atoms with E-state index >= 15 is 0 Å². The number of benzene rings is 3. The Morgan fingerprint density at radius 2 is 0.947 bits per heavy atom. The van der Waals surface area contributed by atoms with Gasteiger partial charge in [0.05, 0.1) is 18.4 Å². The van der Waals surface area contributed by atoms with Gasteiger partial charge in [0.25, 0.3) is 0 Å². The Balaban J connectivity index is 0.000000135. The number of nitrogens with zero attached hydrogens (tertiary/aromatic N) is 11. The first-order valence-electron chi connectivity index (χ1n) is 29.0. The highest BCUT2D eigenvalue weighted by atomic mass is 79.9. The van der Waals surface area contributed by atoms with E-state index in [2.05, 4.69) is 66.2 Å². The Hall–Kier alpha value is -7.45. The lowest BCUT2D eigenvalue weighted by Gasteiger charge is -2.22. The first kappa shape index (κ1) is 68.0. The Kier molecular flexibility index (Phi) is 23.0. The molecular formula is C64H54BBrCl3F3N12O7S3. The molecule has 0 amide bonds. The van der Waals surface area contributed by atoms with Gasteiger partial charge in [-0.05, 0) is 167 Å². The largest absolute Gasteiger partial charge is 0.488 e. The van der Waals surface area contributed by atoms with Gasteiger partial charge in [-0.25, -0.2) is 39.3 Å². The highest BCUT2D eigenvalue weighted by molar-refractivity contribution is 9.11. The lowest BCUT2D eigenvalue weighted by molar-refractivity contribution is -0.0396. The number of nitrogens with one attached hydrogen (secondary N) is 1. The van der Waals surface area contributed by atoms with Crippen molar-refractivity contribution in [2.75, 3.05) is 13.2 Å². The summed E-state index contributed by atoms with van der Waals surface area (Å²) in [6.45, 7) is 1.46. The summed E-state index contributed by atoms with van der Waals surface area (Å²) in [5.41, 5.74) is 5.69. The van der Waals surface area contributed by atoms with E-state index in [-0.39, 0.29) is 17.9 Å². The summed E-state index contributed by atoms with van der Waals surface area (Å²) >= 11 is 25.7. The van der Waals surface area contributed by atoms with Gasteiger partial charge >= 0.3 is 7.12 Å². The van der Waals surface area contributed by atoms with Gasteiger partial charge in [-0.2, -0.15) is 18.3 Å². The van der Waals surface area contributed by atoms with Crippen LogP contribution in [0.25, 0.3) is 53.0 Å². The topological polar surface area (TPSA) is 261 Å². The van der Waals surface area contributed by atoms with Crippen LogP contribution in [0.1, 0.15) is 103 Å². The number of rotatable bonds is 14. The summed E-state index contributed by atoms with van der Waals surface area (Å²) in [6.07, 6.45) is 12.2. The molecule has 2 aliphatic rings. The number of pyridine rings is 3. The molecule has 30 heteroatoms. The van der Waals surface area contributed by atoms with Gasteiger partial charge in [0.2, 0.25) is 17.8 Å². The standard InChI is InChI=1S/C23H20ClFN4O2S.C18H17BrClN3O2S.C18H12ClFN4OS.C5H5BFNO2/c24-16-6-4-14(5-7-16)21(30)17-12-18(15-8-9-26-19(25)11-15)32-22(17)23-27-13-29(28-23)20-3-1-2-10-31-20;19-14-9-13(16(24)11-4-6-12(20)7-5-11)17(26-14)18-21-10-23(22-18)15-3-1-2-8-25-15;19-12-3-1-10(2-4-12)16(25)13-8-14(11-5-6-21-15(20)7-11)26-17(13)18-22-9-23-24-18;7-5-3-4(6(9)10)1-2-8-5/h4-9,11-13,20-21,30H,1-3,10H2;4-7,9-10,15-16,24H,1-3,8H2;1-9,16,25H,(H,22,23,24);1-3,9-10H. The van der Waals surface area contributed by atoms with E-state index in [9.17, 15) is 28.5 Å². The van der Waals surface area contributed by atoms with Gasteiger partial charge < -0.3 is 34.8 Å². The molecule has 0 bridgehead atoms. The minimum absolute atomic E-state index is 0.0574. The van der Waals surface area contributed by atoms with Crippen LogP contribution in [0.5, 0.6) is 0 Å². The third-order valence-electron chi connectivity index (χ3n) is 14.7. The van der Waals surface area contributed by atoms with Crippen LogP contribution >= 0.6 is 84.7 Å². The fraction of sp³-hybridized carbons (Fsp3) is 0.203. The Morgan fingerprint density at radius 1 is 0.521 bits per heavy atom. The van der Waals surface area contributed by atoms with E-state index in [1.165, 1.54) is 77.1 Å². The number of aromatic nitrogens is 12. The van der Waals surface area contributed by atoms with E-state index in [0.717, 1.165) is 85.6 Å². The second-order valence-electron chi connectivity index (χ2n) is 21.1. The molecule has 14 rings (SSSR count). The minimum Gasteiger partial charge on any atom is -0.423 e. The third kappa shape index (κ3) is 17.1. The number of aromatic amines is 1. The van der Waals surface area contributed by atoms with Crippen molar-refractivity contribution in [2.24, 2.45) is 0 Å². The van der Waals surface area contributed by atoms with Crippen LogP contribution in [-0.4, -0.2) is 105 Å². The summed E-state index contributed by atoms with van der Waals surface area (Å²) in [6, 6.07) is 35.3. The predicted octanol–water partition coefficient (Wildman–Crippen LogP) is 14.2. The molecule has 0 aliphatic carbocycles. The predicted molar refractivity (Wildman–Crippen MR) is 359 cm³/mol. The normalized spacial score (nSPS) is 15.5. The molecule has 5 unspecified atom stereocenters. The van der Waals surface area contributed by atoms with Crippen molar-refractivity contribution in [3.8, 4) is 53.0 Å². The number of aliphatic hydroxyl groups is 3. The first-order chi connectivity index (χ1) is 45.5. The lowest BCUT2D eigenvalue weighted by atomic mass is 9.81. The first-order valence-corrected chi connectivity index (χ1v) is 33.4. The highest BCUT2D eigenvalue weighted by Crippen LogP contribution is 2.44. The van der Waals surface area contributed by atoms with Crippen LogP contribution < -0.4 is 5.46 Å². The van der Waals surface area contributed by atoms with Gasteiger partial charge in [0.15, 0.2) is 29.9 Å². The van der Waals surface area contributed by atoms with Gasteiger partial charge in [0, 0.05) is 85.4 Å². The summed E-state index contributed by atoms with van der Waals surface area (Å²) in [5.74, 6) is -0.207. The van der Waals surface area contributed by atoms with Crippen LogP contribution in [0.15, 0.2) is 169 Å². The molecule has 12 aromatic rings. The zero-order valence-corrected chi connectivity index (χ0v) is 55.4. The zero-order valence-electron chi connectivity index (χ0n) is 49.1. The number of hydrogen-bond donors (Lipinski definition) is 6. The molecule has 19 nitrogen and oxygen atoms in total. The fourth-order valence-electron chi connectivity index (χ4n) is 9.99. The number of H-pyrrole nitrogens is 1. The summed E-state index contributed by atoms with van der Waals surface area (Å²) in [4.78, 5) is 27.5. The van der Waals surface area contributed by atoms with Crippen LogP contribution in [0.2, 0.25) is 15.1 Å². The third-order valence-corrected chi connectivity index (χ3v) is 19.5. The van der Waals surface area contributed by atoms with Gasteiger partial charge in [-0.1, -0.05) is 71.2 Å². The maximum atomic E-state index is 13.7. The van der Waals surface area contributed by atoms with Gasteiger partial charge in [-0.3, -0.25) is 5.10 Å². The zero-order chi connectivity index (χ0) is 65.8. The maximum Gasteiger partial charge on any atom is 0.488 e. The molecule has 11 heterocycles. The van der Waals surface area contributed by atoms with E-state index < -0.39 is 43.3 Å². The van der Waals surface area contributed by atoms with Crippen LogP contribution in [-0.2, 0) is 9.47 Å².